The van der Waals surface area contributed by atoms with Crippen molar-refractivity contribution in [3.8, 4) is 11.8 Å². The minimum Gasteiger partial charge on any atom is -0.309 e. The van der Waals surface area contributed by atoms with Gasteiger partial charge in [0.15, 0.2) is 5.82 Å². The second kappa shape index (κ2) is 7.12. The van der Waals surface area contributed by atoms with Gasteiger partial charge in [-0.15, -0.1) is 0 Å². The molecule has 0 fully saturated rings. The van der Waals surface area contributed by atoms with Crippen LogP contribution in [0.5, 0.6) is 0 Å². The van der Waals surface area contributed by atoms with Crippen molar-refractivity contribution in [2.24, 2.45) is 0 Å². The van der Waals surface area contributed by atoms with E-state index in [4.69, 9.17) is 0 Å². The lowest BCUT2D eigenvalue weighted by atomic mass is 10.1. The van der Waals surface area contributed by atoms with Crippen LogP contribution in [0, 0.1) is 18.8 Å². The van der Waals surface area contributed by atoms with Crippen LogP contribution in [-0.2, 0) is 0 Å². The molecule has 3 aromatic heterocycles. The van der Waals surface area contributed by atoms with E-state index in [1.54, 1.807) is 36.6 Å². The fourth-order valence-electron chi connectivity index (χ4n) is 3.21. The zero-order chi connectivity index (χ0) is 19.7. The van der Waals surface area contributed by atoms with Gasteiger partial charge in [-0.05, 0) is 44.2 Å². The fraction of sp³-hybridized carbons (Fsp3) is 0.182. The summed E-state index contributed by atoms with van der Waals surface area (Å²) < 4.78 is 0. The molecule has 0 aromatic carbocycles. The summed E-state index contributed by atoms with van der Waals surface area (Å²) in [4.78, 5) is 29.9. The Labute approximate surface area is 163 Å². The van der Waals surface area contributed by atoms with Crippen LogP contribution in [0.1, 0.15) is 34.1 Å². The van der Waals surface area contributed by atoms with E-state index in [9.17, 15) is 4.79 Å². The van der Waals surface area contributed by atoms with Gasteiger partial charge in [0.2, 0.25) is 0 Å². The first-order chi connectivity index (χ1) is 13.6. The lowest BCUT2D eigenvalue weighted by Gasteiger charge is -2.22. The second-order valence-corrected chi connectivity index (χ2v) is 6.49. The maximum absolute atomic E-state index is 13.1. The number of aryl methyl sites for hydroxylation is 1. The lowest BCUT2D eigenvalue weighted by molar-refractivity contribution is 0.0994. The molecule has 1 aliphatic heterocycles. The summed E-state index contributed by atoms with van der Waals surface area (Å²) in [5.74, 6) is 7.41. The van der Waals surface area contributed by atoms with Gasteiger partial charge in [0.25, 0.3) is 5.91 Å². The Balaban J connectivity index is 1.80. The number of rotatable bonds is 1. The molecule has 6 nitrogen and oxygen atoms in total. The first-order valence-corrected chi connectivity index (χ1v) is 9.04. The Morgan fingerprint density at radius 3 is 2.61 bits per heavy atom. The number of carbonyl (C=O) groups is 1. The van der Waals surface area contributed by atoms with Crippen molar-refractivity contribution < 1.29 is 4.79 Å². The van der Waals surface area contributed by atoms with E-state index in [0.717, 1.165) is 22.8 Å². The topological polar surface area (TPSA) is 62.2 Å². The standard InChI is InChI=1S/C22H19N5O/c1-4-27-20-18(22(28)26(3)19-6-5-10-24-21(19)27)13-17(14-25-20)8-7-16-9-11-23-15(2)12-16/h5-6,9-14H,4H2,1-3H3. The number of carbonyl (C=O) groups excluding carboxylic acids is 1. The molecule has 1 aliphatic rings. The van der Waals surface area contributed by atoms with Crippen molar-refractivity contribution in [3.63, 3.8) is 0 Å². The molecule has 28 heavy (non-hydrogen) atoms. The Bertz CT molecular complexity index is 1130. The van der Waals surface area contributed by atoms with Crippen LogP contribution in [0.3, 0.4) is 0 Å². The molecule has 138 valence electrons. The highest BCUT2D eigenvalue weighted by atomic mass is 16.2. The molecule has 0 saturated carbocycles. The summed E-state index contributed by atoms with van der Waals surface area (Å²) in [5.41, 5.74) is 3.74. The summed E-state index contributed by atoms with van der Waals surface area (Å²) in [6.45, 7) is 4.58. The van der Waals surface area contributed by atoms with Gasteiger partial charge in [-0.25, -0.2) is 9.97 Å². The highest BCUT2D eigenvalue weighted by Crippen LogP contribution is 2.37. The quantitative estimate of drug-likeness (QED) is 0.616. The monoisotopic (exact) mass is 369 g/mol. The number of amides is 1. The molecule has 0 unspecified atom stereocenters. The van der Waals surface area contributed by atoms with Gasteiger partial charge in [-0.2, -0.15) is 0 Å². The molecule has 6 heteroatoms. The highest BCUT2D eigenvalue weighted by molar-refractivity contribution is 6.12. The third-order valence-corrected chi connectivity index (χ3v) is 4.60. The molecule has 3 aromatic rings. The van der Waals surface area contributed by atoms with E-state index in [2.05, 4.69) is 26.8 Å². The van der Waals surface area contributed by atoms with Crippen molar-refractivity contribution in [2.75, 3.05) is 23.4 Å². The summed E-state index contributed by atoms with van der Waals surface area (Å²) >= 11 is 0. The second-order valence-electron chi connectivity index (χ2n) is 6.49. The minimum atomic E-state index is -0.129. The Kier molecular flexibility index (Phi) is 4.50. The van der Waals surface area contributed by atoms with Gasteiger partial charge < -0.3 is 9.80 Å². The predicted octanol–water partition coefficient (Wildman–Crippen LogP) is 3.33. The predicted molar refractivity (Wildman–Crippen MR) is 109 cm³/mol. The molecular weight excluding hydrogens is 350 g/mol. The van der Waals surface area contributed by atoms with Crippen molar-refractivity contribution in [1.82, 2.24) is 15.0 Å². The van der Waals surface area contributed by atoms with Crippen molar-refractivity contribution in [2.45, 2.75) is 13.8 Å². The van der Waals surface area contributed by atoms with E-state index in [1.807, 2.05) is 43.0 Å². The van der Waals surface area contributed by atoms with Crippen LogP contribution in [0.4, 0.5) is 17.3 Å². The molecule has 1 amide bonds. The fourth-order valence-corrected chi connectivity index (χ4v) is 3.21. The van der Waals surface area contributed by atoms with Crippen molar-refractivity contribution in [1.29, 1.82) is 0 Å². The van der Waals surface area contributed by atoms with Crippen LogP contribution >= 0.6 is 0 Å². The van der Waals surface area contributed by atoms with Gasteiger partial charge in [0, 0.05) is 49.0 Å². The van der Waals surface area contributed by atoms with Gasteiger partial charge in [0.1, 0.15) is 5.82 Å². The van der Waals surface area contributed by atoms with Gasteiger partial charge in [-0.1, -0.05) is 11.8 Å². The zero-order valence-electron chi connectivity index (χ0n) is 16.0. The first-order valence-electron chi connectivity index (χ1n) is 9.04. The number of fused-ring (bicyclic) bond motifs is 2. The molecule has 0 radical (unpaired) electrons. The third kappa shape index (κ3) is 3.08. The van der Waals surface area contributed by atoms with E-state index < -0.39 is 0 Å². The van der Waals surface area contributed by atoms with E-state index in [1.165, 1.54) is 0 Å². The number of anilines is 3. The SMILES string of the molecule is CCN1c2ncc(C#Cc3ccnc(C)c3)cc2C(=O)N(C)c2cccnc21. The third-order valence-electron chi connectivity index (χ3n) is 4.60. The molecule has 0 aliphatic carbocycles. The molecule has 0 spiro atoms. The number of pyridine rings is 3. The van der Waals surface area contributed by atoms with Gasteiger partial charge in [-0.3, -0.25) is 9.78 Å². The Morgan fingerprint density at radius 1 is 1.00 bits per heavy atom. The molecular formula is C22H19N5O. The Morgan fingerprint density at radius 2 is 1.82 bits per heavy atom. The molecule has 4 heterocycles. The molecule has 0 bridgehead atoms. The maximum Gasteiger partial charge on any atom is 0.261 e. The van der Waals surface area contributed by atoms with Crippen molar-refractivity contribution >= 4 is 23.2 Å². The molecule has 0 N–H and O–H groups in total. The van der Waals surface area contributed by atoms with Crippen LogP contribution in [-0.4, -0.2) is 34.5 Å². The molecule has 4 rings (SSSR count). The maximum atomic E-state index is 13.1. The number of hydrogen-bond donors (Lipinski definition) is 0. The average Bonchev–Trinajstić information content (AvgIpc) is 2.80. The van der Waals surface area contributed by atoms with E-state index >= 15 is 0 Å². The lowest BCUT2D eigenvalue weighted by Crippen LogP contribution is -2.25. The van der Waals surface area contributed by atoms with Crippen molar-refractivity contribution in [3.05, 3.63) is 71.3 Å². The van der Waals surface area contributed by atoms with Crippen LogP contribution < -0.4 is 9.80 Å². The minimum absolute atomic E-state index is 0.129. The van der Waals surface area contributed by atoms with E-state index in [0.29, 0.717) is 23.5 Å². The number of hydrogen-bond acceptors (Lipinski definition) is 5. The normalized spacial score (nSPS) is 12.6. The molecule has 0 saturated heterocycles. The van der Waals surface area contributed by atoms with Gasteiger partial charge in [0.05, 0.1) is 11.3 Å². The summed E-state index contributed by atoms with van der Waals surface area (Å²) in [6, 6.07) is 9.30. The number of nitrogens with zero attached hydrogens (tertiary/aromatic N) is 5. The largest absolute Gasteiger partial charge is 0.309 e. The average molecular weight is 369 g/mol. The van der Waals surface area contributed by atoms with Crippen LogP contribution in [0.25, 0.3) is 0 Å². The number of aromatic nitrogens is 3. The zero-order valence-corrected chi connectivity index (χ0v) is 16.0. The summed E-state index contributed by atoms with van der Waals surface area (Å²) in [6.07, 6.45) is 5.15. The van der Waals surface area contributed by atoms with Crippen LogP contribution in [0.15, 0.2) is 48.9 Å². The molecule has 0 atom stereocenters. The highest BCUT2D eigenvalue weighted by Gasteiger charge is 2.30. The van der Waals surface area contributed by atoms with Crippen LogP contribution in [0.2, 0.25) is 0 Å². The first kappa shape index (κ1) is 17.7. The Hall–Kier alpha value is -3.72. The summed E-state index contributed by atoms with van der Waals surface area (Å²) in [7, 11) is 1.75. The summed E-state index contributed by atoms with van der Waals surface area (Å²) in [5, 5.41) is 0. The van der Waals surface area contributed by atoms with Gasteiger partial charge >= 0.3 is 0 Å². The van der Waals surface area contributed by atoms with E-state index in [-0.39, 0.29) is 5.91 Å². The smallest absolute Gasteiger partial charge is 0.261 e.